The molecule has 38 heavy (non-hydrogen) atoms. The SMILES string of the molecule is CCCOC(=O)c1ccc(N2C(=O)C(=O)/C(=C(/O)c3cc(OCC)ccc3Cl)C2c2ccc(O)cc2)cc1. The first kappa shape index (κ1) is 26.8. The Morgan fingerprint density at radius 1 is 1.00 bits per heavy atom. The number of Topliss-reactive ketones (excluding diaryl/α,β-unsaturated/α-hetero) is 1. The normalized spacial score (nSPS) is 16.5. The number of ether oxygens (including phenoxy) is 2. The molecule has 1 aliphatic rings. The molecule has 0 saturated carbocycles. The number of carbonyl (C=O) groups excluding carboxylic acids is 3. The largest absolute Gasteiger partial charge is 0.508 e. The molecular formula is C29H26ClNO7. The highest BCUT2D eigenvalue weighted by Gasteiger charge is 2.47. The molecule has 0 radical (unpaired) electrons. The number of anilines is 1. The van der Waals surface area contributed by atoms with E-state index in [1.165, 1.54) is 53.4 Å². The monoisotopic (exact) mass is 535 g/mol. The van der Waals surface area contributed by atoms with Gasteiger partial charge in [0.2, 0.25) is 0 Å². The summed E-state index contributed by atoms with van der Waals surface area (Å²) in [7, 11) is 0. The first-order valence-electron chi connectivity index (χ1n) is 12.1. The van der Waals surface area contributed by atoms with E-state index in [0.29, 0.717) is 35.6 Å². The lowest BCUT2D eigenvalue weighted by Gasteiger charge is -2.25. The number of ketones is 1. The molecule has 3 aromatic carbocycles. The third-order valence-corrected chi connectivity index (χ3v) is 6.31. The maximum atomic E-state index is 13.4. The van der Waals surface area contributed by atoms with Crippen LogP contribution in [0.15, 0.2) is 72.3 Å². The van der Waals surface area contributed by atoms with Crippen molar-refractivity contribution in [2.24, 2.45) is 0 Å². The van der Waals surface area contributed by atoms with Gasteiger partial charge in [0.15, 0.2) is 0 Å². The fraction of sp³-hybridized carbons (Fsp3) is 0.207. The van der Waals surface area contributed by atoms with Crippen molar-refractivity contribution in [3.05, 3.63) is 94.0 Å². The van der Waals surface area contributed by atoms with E-state index in [0.717, 1.165) is 0 Å². The number of hydrogen-bond acceptors (Lipinski definition) is 7. The van der Waals surface area contributed by atoms with Gasteiger partial charge in [-0.25, -0.2) is 4.79 Å². The summed E-state index contributed by atoms with van der Waals surface area (Å²) in [6, 6.07) is 15.6. The fourth-order valence-corrected chi connectivity index (χ4v) is 4.40. The maximum absolute atomic E-state index is 13.4. The van der Waals surface area contributed by atoms with Crippen LogP contribution in [0.3, 0.4) is 0 Å². The number of rotatable bonds is 8. The topological polar surface area (TPSA) is 113 Å². The first-order chi connectivity index (χ1) is 18.3. The molecule has 1 aliphatic heterocycles. The van der Waals surface area contributed by atoms with Crippen LogP contribution in [0.2, 0.25) is 5.02 Å². The molecule has 1 atom stereocenters. The van der Waals surface area contributed by atoms with Crippen molar-refractivity contribution in [2.45, 2.75) is 26.3 Å². The Kier molecular flexibility index (Phi) is 8.02. The number of halogens is 1. The second kappa shape index (κ2) is 11.4. The van der Waals surface area contributed by atoms with Gasteiger partial charge >= 0.3 is 5.97 Å². The third-order valence-electron chi connectivity index (χ3n) is 5.98. The van der Waals surface area contributed by atoms with Gasteiger partial charge in [0.05, 0.1) is 35.4 Å². The molecule has 3 aromatic rings. The number of benzene rings is 3. The summed E-state index contributed by atoms with van der Waals surface area (Å²) in [5.74, 6) is -2.32. The highest BCUT2D eigenvalue weighted by atomic mass is 35.5. The number of esters is 1. The Morgan fingerprint density at radius 2 is 1.68 bits per heavy atom. The van der Waals surface area contributed by atoms with Crippen LogP contribution >= 0.6 is 11.6 Å². The highest BCUT2D eigenvalue weighted by molar-refractivity contribution is 6.52. The zero-order chi connectivity index (χ0) is 27.4. The molecule has 0 aliphatic carbocycles. The number of aromatic hydroxyl groups is 1. The van der Waals surface area contributed by atoms with E-state index >= 15 is 0 Å². The van der Waals surface area contributed by atoms with Crippen molar-refractivity contribution in [3.63, 3.8) is 0 Å². The number of phenols is 1. The van der Waals surface area contributed by atoms with E-state index in [1.54, 1.807) is 25.1 Å². The van der Waals surface area contributed by atoms with Gasteiger partial charge in [0, 0.05) is 11.3 Å². The Hall–Kier alpha value is -4.30. The van der Waals surface area contributed by atoms with E-state index in [4.69, 9.17) is 21.1 Å². The minimum atomic E-state index is -1.04. The van der Waals surface area contributed by atoms with Gasteiger partial charge < -0.3 is 19.7 Å². The van der Waals surface area contributed by atoms with Crippen LogP contribution in [0, 0.1) is 0 Å². The predicted molar refractivity (Wildman–Crippen MR) is 143 cm³/mol. The summed E-state index contributed by atoms with van der Waals surface area (Å²) in [6.07, 6.45) is 0.679. The van der Waals surface area contributed by atoms with E-state index < -0.39 is 29.5 Å². The molecule has 4 rings (SSSR count). The molecule has 9 heteroatoms. The van der Waals surface area contributed by atoms with Crippen molar-refractivity contribution in [1.82, 2.24) is 0 Å². The standard InChI is InChI=1S/C29H26ClNO7/c1-3-15-38-29(36)18-5-9-19(10-6-18)31-25(17-7-11-20(32)12-8-17)24(27(34)28(31)35)26(33)22-16-21(37-4-2)13-14-23(22)30/h5-14,16,25,32-33H,3-4,15H2,1-2H3/b26-24+. The molecule has 196 valence electrons. The third kappa shape index (κ3) is 5.21. The summed E-state index contributed by atoms with van der Waals surface area (Å²) < 4.78 is 10.7. The van der Waals surface area contributed by atoms with Gasteiger partial charge in [-0.15, -0.1) is 0 Å². The molecule has 2 N–H and O–H groups in total. The lowest BCUT2D eigenvalue weighted by atomic mass is 9.95. The average molecular weight is 536 g/mol. The van der Waals surface area contributed by atoms with Gasteiger partial charge in [-0.3, -0.25) is 14.5 Å². The maximum Gasteiger partial charge on any atom is 0.338 e. The number of aliphatic hydroxyl groups excluding tert-OH is 1. The van der Waals surface area contributed by atoms with Gasteiger partial charge in [-0.2, -0.15) is 0 Å². The van der Waals surface area contributed by atoms with Gasteiger partial charge in [-0.1, -0.05) is 30.7 Å². The Balaban J connectivity index is 1.85. The van der Waals surface area contributed by atoms with E-state index in [1.807, 2.05) is 6.92 Å². The van der Waals surface area contributed by atoms with Crippen LogP contribution < -0.4 is 9.64 Å². The molecule has 1 saturated heterocycles. The second-order valence-electron chi connectivity index (χ2n) is 8.52. The quantitative estimate of drug-likeness (QED) is 0.166. The smallest absolute Gasteiger partial charge is 0.338 e. The molecule has 8 nitrogen and oxygen atoms in total. The minimum absolute atomic E-state index is 0.00638. The van der Waals surface area contributed by atoms with Crippen LogP contribution in [0.5, 0.6) is 11.5 Å². The Morgan fingerprint density at radius 3 is 2.32 bits per heavy atom. The zero-order valence-corrected chi connectivity index (χ0v) is 21.6. The van der Waals surface area contributed by atoms with Crippen molar-refractivity contribution < 1.29 is 34.1 Å². The first-order valence-corrected chi connectivity index (χ1v) is 12.4. The molecule has 1 heterocycles. The lowest BCUT2D eigenvalue weighted by Crippen LogP contribution is -2.29. The van der Waals surface area contributed by atoms with Crippen molar-refractivity contribution in [3.8, 4) is 11.5 Å². The Bertz CT molecular complexity index is 1400. The molecule has 0 bridgehead atoms. The number of nitrogens with zero attached hydrogens (tertiary/aromatic N) is 1. The van der Waals surface area contributed by atoms with Gasteiger partial charge in [0.25, 0.3) is 11.7 Å². The Labute approximate surface area is 224 Å². The van der Waals surface area contributed by atoms with E-state index in [-0.39, 0.29) is 28.5 Å². The van der Waals surface area contributed by atoms with Crippen LogP contribution in [0.1, 0.15) is 47.8 Å². The number of amides is 1. The predicted octanol–water partition coefficient (Wildman–Crippen LogP) is 5.64. The molecule has 1 unspecified atom stereocenters. The molecular weight excluding hydrogens is 510 g/mol. The van der Waals surface area contributed by atoms with Crippen molar-refractivity contribution in [1.29, 1.82) is 0 Å². The second-order valence-corrected chi connectivity index (χ2v) is 8.93. The average Bonchev–Trinajstić information content (AvgIpc) is 3.18. The molecule has 1 fully saturated rings. The minimum Gasteiger partial charge on any atom is -0.508 e. The molecule has 0 spiro atoms. The van der Waals surface area contributed by atoms with E-state index in [9.17, 15) is 24.6 Å². The summed E-state index contributed by atoms with van der Waals surface area (Å²) in [4.78, 5) is 40.2. The van der Waals surface area contributed by atoms with Crippen LogP contribution in [-0.2, 0) is 14.3 Å². The highest BCUT2D eigenvalue weighted by Crippen LogP contribution is 2.43. The van der Waals surface area contributed by atoms with Crippen LogP contribution in [-0.4, -0.2) is 41.1 Å². The number of carbonyl (C=O) groups is 3. The fourth-order valence-electron chi connectivity index (χ4n) is 4.19. The lowest BCUT2D eigenvalue weighted by molar-refractivity contribution is -0.132. The summed E-state index contributed by atoms with van der Waals surface area (Å²) in [5.41, 5.74) is 1.04. The molecule has 1 amide bonds. The number of aliphatic hydroxyl groups is 1. The zero-order valence-electron chi connectivity index (χ0n) is 20.8. The van der Waals surface area contributed by atoms with E-state index in [2.05, 4.69) is 0 Å². The van der Waals surface area contributed by atoms with Crippen LogP contribution in [0.25, 0.3) is 5.76 Å². The summed E-state index contributed by atoms with van der Waals surface area (Å²) in [6.45, 7) is 4.35. The number of hydrogen-bond donors (Lipinski definition) is 2. The molecule has 0 aromatic heterocycles. The van der Waals surface area contributed by atoms with Crippen molar-refractivity contribution in [2.75, 3.05) is 18.1 Å². The summed E-state index contributed by atoms with van der Waals surface area (Å²) in [5, 5.41) is 21.3. The van der Waals surface area contributed by atoms with Gasteiger partial charge in [0.1, 0.15) is 17.3 Å². The van der Waals surface area contributed by atoms with Gasteiger partial charge in [-0.05, 0) is 73.5 Å². The summed E-state index contributed by atoms with van der Waals surface area (Å²) >= 11 is 6.37. The van der Waals surface area contributed by atoms with Crippen LogP contribution in [0.4, 0.5) is 5.69 Å². The number of phenolic OH excluding ortho intramolecular Hbond substituents is 1. The van der Waals surface area contributed by atoms with Crippen molar-refractivity contribution >= 4 is 40.7 Å².